The molecule has 128 valence electrons. The summed E-state index contributed by atoms with van der Waals surface area (Å²) in [5, 5.41) is 29.8. The number of nitro groups is 1. The smallest absolute Gasteiger partial charge is 0.293 e. The summed E-state index contributed by atoms with van der Waals surface area (Å²) in [6.45, 7) is 3.62. The maximum atomic E-state index is 11.3. The molecule has 1 aliphatic heterocycles. The van der Waals surface area contributed by atoms with Crippen molar-refractivity contribution >= 4 is 11.4 Å². The van der Waals surface area contributed by atoms with Crippen molar-refractivity contribution in [2.75, 3.05) is 31.1 Å². The minimum atomic E-state index is -0.435. The van der Waals surface area contributed by atoms with Gasteiger partial charge in [0, 0.05) is 38.8 Å². The van der Waals surface area contributed by atoms with Gasteiger partial charge in [-0.3, -0.25) is 15.0 Å². The van der Waals surface area contributed by atoms with Crippen LogP contribution in [0, 0.1) is 21.4 Å². The first-order valence-electron chi connectivity index (χ1n) is 8.00. The Morgan fingerprint density at radius 3 is 2.56 bits per heavy atom. The summed E-state index contributed by atoms with van der Waals surface area (Å²) in [5.74, 6) is 0.254. The highest BCUT2D eigenvalue weighted by atomic mass is 16.6. The Hall–Kier alpha value is -3.11. The molecule has 0 spiro atoms. The second-order valence-electron chi connectivity index (χ2n) is 6.01. The first-order chi connectivity index (χ1) is 12.1. The molecule has 0 aromatic heterocycles. The number of phenolic OH excluding ortho intramolecular Hbond substituents is 1. The van der Waals surface area contributed by atoms with Crippen molar-refractivity contribution in [3.63, 3.8) is 0 Å². The summed E-state index contributed by atoms with van der Waals surface area (Å²) in [4.78, 5) is 15.1. The van der Waals surface area contributed by atoms with Crippen LogP contribution in [0.3, 0.4) is 0 Å². The van der Waals surface area contributed by atoms with Gasteiger partial charge in [-0.2, -0.15) is 5.26 Å². The van der Waals surface area contributed by atoms with E-state index in [0.29, 0.717) is 18.8 Å². The zero-order valence-electron chi connectivity index (χ0n) is 13.6. The number of phenols is 1. The van der Waals surface area contributed by atoms with Crippen LogP contribution in [-0.4, -0.2) is 41.1 Å². The van der Waals surface area contributed by atoms with Crippen LogP contribution in [0.5, 0.6) is 5.75 Å². The van der Waals surface area contributed by atoms with Crippen LogP contribution < -0.4 is 4.90 Å². The van der Waals surface area contributed by atoms with Gasteiger partial charge in [-0.25, -0.2) is 0 Å². The van der Waals surface area contributed by atoms with Crippen LogP contribution in [0.25, 0.3) is 0 Å². The van der Waals surface area contributed by atoms with Gasteiger partial charge in [0.15, 0.2) is 0 Å². The molecule has 1 heterocycles. The Morgan fingerprint density at radius 2 is 1.92 bits per heavy atom. The van der Waals surface area contributed by atoms with Gasteiger partial charge in [-0.15, -0.1) is 0 Å². The van der Waals surface area contributed by atoms with Crippen LogP contribution in [-0.2, 0) is 6.54 Å². The van der Waals surface area contributed by atoms with Crippen molar-refractivity contribution in [1.29, 1.82) is 5.26 Å². The van der Waals surface area contributed by atoms with Crippen LogP contribution in [0.1, 0.15) is 11.1 Å². The predicted octanol–water partition coefficient (Wildman–Crippen LogP) is 2.49. The second-order valence-corrected chi connectivity index (χ2v) is 6.01. The maximum absolute atomic E-state index is 11.3. The van der Waals surface area contributed by atoms with Crippen molar-refractivity contribution in [1.82, 2.24) is 4.90 Å². The normalized spacial score (nSPS) is 14.9. The number of rotatable bonds is 4. The quantitative estimate of drug-likeness (QED) is 0.680. The highest BCUT2D eigenvalue weighted by molar-refractivity contribution is 5.65. The molecule has 1 aliphatic rings. The first-order valence-corrected chi connectivity index (χ1v) is 8.00. The van der Waals surface area contributed by atoms with Crippen LogP contribution in [0.15, 0.2) is 42.5 Å². The molecule has 0 radical (unpaired) electrons. The number of nitro benzene ring substituents is 1. The van der Waals surface area contributed by atoms with Crippen LogP contribution in [0.2, 0.25) is 0 Å². The molecule has 2 aromatic rings. The van der Waals surface area contributed by atoms with E-state index in [1.54, 1.807) is 24.3 Å². The predicted molar refractivity (Wildman–Crippen MR) is 93.4 cm³/mol. The fourth-order valence-corrected chi connectivity index (χ4v) is 3.07. The van der Waals surface area contributed by atoms with E-state index >= 15 is 0 Å². The van der Waals surface area contributed by atoms with Gasteiger partial charge in [-0.05, 0) is 29.8 Å². The number of piperazine rings is 1. The summed E-state index contributed by atoms with van der Waals surface area (Å²) >= 11 is 0. The van der Waals surface area contributed by atoms with Gasteiger partial charge >= 0.3 is 0 Å². The standard InChI is InChI=1S/C18H18N4O3/c19-12-14-4-5-17(18(11-14)22(24)25)21-8-6-20(7-9-21)13-15-2-1-3-16(23)10-15/h1-5,10-11,23H,6-9,13H2. The van der Waals surface area contributed by atoms with Gasteiger partial charge in [0.05, 0.1) is 16.6 Å². The lowest BCUT2D eigenvalue weighted by Crippen LogP contribution is -2.46. The molecule has 1 fully saturated rings. The summed E-state index contributed by atoms with van der Waals surface area (Å²) in [6, 6.07) is 13.7. The molecule has 25 heavy (non-hydrogen) atoms. The average molecular weight is 338 g/mol. The van der Waals surface area contributed by atoms with E-state index in [-0.39, 0.29) is 17.0 Å². The number of nitrogens with zero attached hydrogens (tertiary/aromatic N) is 4. The van der Waals surface area contributed by atoms with Gasteiger partial charge in [0.2, 0.25) is 0 Å². The highest BCUT2D eigenvalue weighted by Gasteiger charge is 2.24. The third kappa shape index (κ3) is 3.87. The molecule has 7 nitrogen and oxygen atoms in total. The largest absolute Gasteiger partial charge is 0.508 e. The molecule has 2 aromatic carbocycles. The molecule has 0 atom stereocenters. The zero-order valence-corrected chi connectivity index (χ0v) is 13.6. The molecule has 0 aliphatic carbocycles. The molecule has 0 saturated carbocycles. The minimum Gasteiger partial charge on any atom is -0.508 e. The number of nitriles is 1. The molecular formula is C18H18N4O3. The lowest BCUT2D eigenvalue weighted by Gasteiger charge is -2.35. The van der Waals surface area contributed by atoms with E-state index in [1.807, 2.05) is 23.1 Å². The van der Waals surface area contributed by atoms with Crippen molar-refractivity contribution in [3.8, 4) is 11.8 Å². The van der Waals surface area contributed by atoms with E-state index in [9.17, 15) is 15.2 Å². The molecule has 0 unspecified atom stereocenters. The Balaban J connectivity index is 1.68. The summed E-state index contributed by atoms with van der Waals surface area (Å²) in [7, 11) is 0. The monoisotopic (exact) mass is 338 g/mol. The molecule has 7 heteroatoms. The van der Waals surface area contributed by atoms with Crippen LogP contribution in [0.4, 0.5) is 11.4 Å². The number of anilines is 1. The van der Waals surface area contributed by atoms with Gasteiger partial charge in [0.1, 0.15) is 11.4 Å². The highest BCUT2D eigenvalue weighted by Crippen LogP contribution is 2.30. The zero-order chi connectivity index (χ0) is 17.8. The maximum Gasteiger partial charge on any atom is 0.293 e. The summed E-state index contributed by atoms with van der Waals surface area (Å²) in [5.41, 5.74) is 1.86. The SMILES string of the molecule is N#Cc1ccc(N2CCN(Cc3cccc(O)c3)CC2)c([N+](=O)[O-])c1. The number of benzene rings is 2. The molecule has 3 rings (SSSR count). The fraction of sp³-hybridized carbons (Fsp3) is 0.278. The van der Waals surface area contributed by atoms with Crippen molar-refractivity contribution < 1.29 is 10.0 Å². The summed E-state index contributed by atoms with van der Waals surface area (Å²) < 4.78 is 0. The second kappa shape index (κ2) is 7.20. The van der Waals surface area contributed by atoms with Crippen molar-refractivity contribution in [2.45, 2.75) is 6.54 Å². The molecule has 0 bridgehead atoms. The van der Waals surface area contributed by atoms with Crippen LogP contribution >= 0.6 is 0 Å². The van der Waals surface area contributed by atoms with E-state index in [2.05, 4.69) is 4.90 Å². The third-order valence-electron chi connectivity index (χ3n) is 4.33. The third-order valence-corrected chi connectivity index (χ3v) is 4.33. The van der Waals surface area contributed by atoms with E-state index in [1.165, 1.54) is 6.07 Å². The topological polar surface area (TPSA) is 93.6 Å². The lowest BCUT2D eigenvalue weighted by molar-refractivity contribution is -0.384. The summed E-state index contributed by atoms with van der Waals surface area (Å²) in [6.07, 6.45) is 0. The molecule has 0 amide bonds. The van der Waals surface area contributed by atoms with Crippen molar-refractivity contribution in [3.05, 3.63) is 63.7 Å². The Morgan fingerprint density at radius 1 is 1.16 bits per heavy atom. The average Bonchev–Trinajstić information content (AvgIpc) is 2.62. The molecule has 1 saturated heterocycles. The number of hydrogen-bond donors (Lipinski definition) is 1. The Kier molecular flexibility index (Phi) is 4.82. The first kappa shape index (κ1) is 16.7. The van der Waals surface area contributed by atoms with E-state index < -0.39 is 4.92 Å². The number of hydrogen-bond acceptors (Lipinski definition) is 6. The number of aromatic hydroxyl groups is 1. The van der Waals surface area contributed by atoms with Gasteiger partial charge < -0.3 is 10.0 Å². The Labute approximate surface area is 145 Å². The van der Waals surface area contributed by atoms with E-state index in [4.69, 9.17) is 5.26 Å². The van der Waals surface area contributed by atoms with Crippen molar-refractivity contribution in [2.24, 2.45) is 0 Å². The molecule has 1 N–H and O–H groups in total. The van der Waals surface area contributed by atoms with Gasteiger partial charge in [-0.1, -0.05) is 12.1 Å². The molecular weight excluding hydrogens is 320 g/mol. The van der Waals surface area contributed by atoms with E-state index in [0.717, 1.165) is 25.2 Å². The lowest BCUT2D eigenvalue weighted by atomic mass is 10.1. The van der Waals surface area contributed by atoms with Gasteiger partial charge in [0.25, 0.3) is 5.69 Å². The Bertz CT molecular complexity index is 823. The minimum absolute atomic E-state index is 0.0273. The fourth-order valence-electron chi connectivity index (χ4n) is 3.07.